The summed E-state index contributed by atoms with van der Waals surface area (Å²) in [5.74, 6) is -0.639. The highest BCUT2D eigenvalue weighted by Gasteiger charge is 2.18. The maximum absolute atomic E-state index is 13.2. The molecule has 0 radical (unpaired) electrons. The number of hydrogen-bond donors (Lipinski definition) is 1. The van der Waals surface area contributed by atoms with Gasteiger partial charge in [0.1, 0.15) is 33.9 Å². The number of nitrogens with one attached hydrogen (secondary N) is 1. The SMILES string of the molecule is CC(=O)Oc1cc(OC(C)=O)c2c(=O)c3cccc(/C=N\Nc4ccccn4)c3oc2c1. The van der Waals surface area contributed by atoms with E-state index in [0.29, 0.717) is 11.4 Å². The number of esters is 2. The second kappa shape index (κ2) is 8.68. The molecule has 2 heterocycles. The molecule has 0 amide bonds. The first-order chi connectivity index (χ1) is 15.4. The molecule has 0 aliphatic heterocycles. The normalized spacial score (nSPS) is 11.1. The van der Waals surface area contributed by atoms with Crippen LogP contribution in [0, 0.1) is 0 Å². The topological polar surface area (TPSA) is 120 Å². The Morgan fingerprint density at radius 3 is 2.59 bits per heavy atom. The van der Waals surface area contributed by atoms with Crippen molar-refractivity contribution >= 4 is 45.9 Å². The van der Waals surface area contributed by atoms with E-state index in [1.165, 1.54) is 32.2 Å². The zero-order valence-electron chi connectivity index (χ0n) is 17.1. The maximum Gasteiger partial charge on any atom is 0.308 e. The summed E-state index contributed by atoms with van der Waals surface area (Å²) in [4.78, 5) is 40.3. The van der Waals surface area contributed by atoms with E-state index in [1.54, 1.807) is 36.5 Å². The number of carbonyl (C=O) groups excluding carboxylic acids is 2. The van der Waals surface area contributed by atoms with Gasteiger partial charge in [-0.3, -0.25) is 19.8 Å². The number of fused-ring (bicyclic) bond motifs is 2. The molecule has 9 heteroatoms. The van der Waals surface area contributed by atoms with E-state index in [4.69, 9.17) is 13.9 Å². The lowest BCUT2D eigenvalue weighted by molar-refractivity contribution is -0.132. The minimum absolute atomic E-state index is 0.0576. The third-order valence-corrected chi connectivity index (χ3v) is 4.33. The standard InChI is InChI=1S/C23H17N3O6/c1-13(27)30-16-10-18(31-14(2)28)21-19(11-16)32-23-15(6-5-7-17(23)22(21)29)12-25-26-20-8-3-4-9-24-20/h3-12H,1-2H3,(H,24,26)/b25-12-. The van der Waals surface area contributed by atoms with Gasteiger partial charge in [0.25, 0.3) is 0 Å². The highest BCUT2D eigenvalue weighted by Crippen LogP contribution is 2.32. The van der Waals surface area contributed by atoms with Crippen LogP contribution in [0.3, 0.4) is 0 Å². The van der Waals surface area contributed by atoms with Crippen molar-refractivity contribution in [1.29, 1.82) is 0 Å². The molecule has 0 aliphatic carbocycles. The zero-order valence-corrected chi connectivity index (χ0v) is 17.1. The predicted molar refractivity (Wildman–Crippen MR) is 118 cm³/mol. The van der Waals surface area contributed by atoms with Gasteiger partial charge in [0, 0.05) is 37.7 Å². The first-order valence-corrected chi connectivity index (χ1v) is 9.53. The number of nitrogens with zero attached hydrogens (tertiary/aromatic N) is 2. The maximum atomic E-state index is 13.2. The number of aromatic nitrogens is 1. The molecule has 0 atom stereocenters. The molecule has 2 aromatic carbocycles. The third-order valence-electron chi connectivity index (χ3n) is 4.33. The van der Waals surface area contributed by atoms with Crippen LogP contribution in [-0.2, 0) is 9.59 Å². The molecule has 0 unspecified atom stereocenters. The molecule has 0 saturated heterocycles. The molecular formula is C23H17N3O6. The van der Waals surface area contributed by atoms with E-state index in [1.807, 2.05) is 6.07 Å². The molecule has 1 N–H and O–H groups in total. The van der Waals surface area contributed by atoms with E-state index >= 15 is 0 Å². The molecule has 32 heavy (non-hydrogen) atoms. The average Bonchev–Trinajstić information content (AvgIpc) is 2.74. The van der Waals surface area contributed by atoms with Crippen molar-refractivity contribution < 1.29 is 23.5 Å². The Morgan fingerprint density at radius 2 is 1.88 bits per heavy atom. The highest BCUT2D eigenvalue weighted by atomic mass is 16.5. The molecule has 160 valence electrons. The molecule has 0 saturated carbocycles. The van der Waals surface area contributed by atoms with Crippen molar-refractivity contribution in [2.75, 3.05) is 5.43 Å². The summed E-state index contributed by atoms with van der Waals surface area (Å²) in [5.41, 5.74) is 3.28. The molecule has 9 nitrogen and oxygen atoms in total. The van der Waals surface area contributed by atoms with E-state index in [9.17, 15) is 14.4 Å². The molecule has 2 aromatic heterocycles. The van der Waals surface area contributed by atoms with Crippen LogP contribution >= 0.6 is 0 Å². The minimum atomic E-state index is -0.632. The van der Waals surface area contributed by atoms with Crippen LogP contribution in [0.4, 0.5) is 5.82 Å². The molecule has 0 aliphatic rings. The van der Waals surface area contributed by atoms with Crippen molar-refractivity contribution in [2.45, 2.75) is 13.8 Å². The fraction of sp³-hybridized carbons (Fsp3) is 0.0870. The van der Waals surface area contributed by atoms with E-state index in [0.717, 1.165) is 0 Å². The smallest absolute Gasteiger partial charge is 0.308 e. The fourth-order valence-electron chi connectivity index (χ4n) is 3.12. The van der Waals surface area contributed by atoms with Gasteiger partial charge < -0.3 is 13.9 Å². The van der Waals surface area contributed by atoms with Crippen molar-refractivity contribution in [2.24, 2.45) is 5.10 Å². The molecule has 0 fully saturated rings. The van der Waals surface area contributed by atoms with Gasteiger partial charge >= 0.3 is 11.9 Å². The number of hydrazone groups is 1. The Balaban J connectivity index is 1.87. The second-order valence-corrected chi connectivity index (χ2v) is 6.72. The number of ether oxygens (including phenoxy) is 2. The number of carbonyl (C=O) groups is 2. The number of hydrogen-bond acceptors (Lipinski definition) is 9. The number of anilines is 1. The van der Waals surface area contributed by atoms with Gasteiger partial charge in [0.15, 0.2) is 0 Å². The number of para-hydroxylation sites is 1. The lowest BCUT2D eigenvalue weighted by Gasteiger charge is -2.10. The number of benzene rings is 2. The largest absolute Gasteiger partial charge is 0.455 e. The van der Waals surface area contributed by atoms with Gasteiger partial charge in [-0.1, -0.05) is 12.1 Å². The van der Waals surface area contributed by atoms with Gasteiger partial charge in [-0.25, -0.2) is 4.98 Å². The van der Waals surface area contributed by atoms with Crippen LogP contribution in [0.15, 0.2) is 69.0 Å². The Kier molecular flexibility index (Phi) is 5.63. The lowest BCUT2D eigenvalue weighted by Crippen LogP contribution is -2.10. The van der Waals surface area contributed by atoms with Gasteiger partial charge in [0.05, 0.1) is 11.6 Å². The van der Waals surface area contributed by atoms with Crippen molar-refractivity contribution in [1.82, 2.24) is 4.98 Å². The van der Waals surface area contributed by atoms with Gasteiger partial charge in [-0.05, 0) is 24.3 Å². The van der Waals surface area contributed by atoms with Crippen LogP contribution in [0.1, 0.15) is 19.4 Å². The first kappa shape index (κ1) is 20.7. The van der Waals surface area contributed by atoms with Gasteiger partial charge in [-0.2, -0.15) is 5.10 Å². The first-order valence-electron chi connectivity index (χ1n) is 9.53. The summed E-state index contributed by atoms with van der Waals surface area (Å²) in [6, 6.07) is 13.1. The summed E-state index contributed by atoms with van der Waals surface area (Å²) >= 11 is 0. The Hall–Kier alpha value is -4.53. The summed E-state index contributed by atoms with van der Waals surface area (Å²) < 4.78 is 16.3. The quantitative estimate of drug-likeness (QED) is 0.167. The van der Waals surface area contributed by atoms with Crippen molar-refractivity contribution in [3.8, 4) is 11.5 Å². The number of pyridine rings is 1. The summed E-state index contributed by atoms with van der Waals surface area (Å²) in [5, 5.41) is 4.48. The molecule has 0 spiro atoms. The summed E-state index contributed by atoms with van der Waals surface area (Å²) in [6.45, 7) is 2.44. The second-order valence-electron chi connectivity index (χ2n) is 6.72. The predicted octanol–water partition coefficient (Wildman–Crippen LogP) is 3.64. The van der Waals surface area contributed by atoms with E-state index < -0.39 is 17.4 Å². The van der Waals surface area contributed by atoms with Gasteiger partial charge in [-0.15, -0.1) is 0 Å². The fourth-order valence-corrected chi connectivity index (χ4v) is 3.12. The average molecular weight is 431 g/mol. The summed E-state index contributed by atoms with van der Waals surface area (Å²) in [7, 11) is 0. The third kappa shape index (κ3) is 4.31. The Labute approximate surface area is 181 Å². The lowest BCUT2D eigenvalue weighted by atomic mass is 10.1. The summed E-state index contributed by atoms with van der Waals surface area (Å²) in [6.07, 6.45) is 3.12. The minimum Gasteiger partial charge on any atom is -0.455 e. The molecular weight excluding hydrogens is 414 g/mol. The Morgan fingerprint density at radius 1 is 1.06 bits per heavy atom. The van der Waals surface area contributed by atoms with Gasteiger partial charge in [0.2, 0.25) is 5.43 Å². The van der Waals surface area contributed by atoms with Crippen LogP contribution in [0.2, 0.25) is 0 Å². The highest BCUT2D eigenvalue weighted by molar-refractivity contribution is 6.01. The Bertz CT molecular complexity index is 1430. The van der Waals surface area contributed by atoms with Crippen LogP contribution in [0.25, 0.3) is 21.9 Å². The van der Waals surface area contributed by atoms with E-state index in [2.05, 4.69) is 15.5 Å². The van der Waals surface area contributed by atoms with Crippen molar-refractivity contribution in [3.63, 3.8) is 0 Å². The van der Waals surface area contributed by atoms with Crippen LogP contribution in [0.5, 0.6) is 11.5 Å². The van der Waals surface area contributed by atoms with Crippen LogP contribution in [-0.4, -0.2) is 23.1 Å². The van der Waals surface area contributed by atoms with Crippen molar-refractivity contribution in [3.05, 3.63) is 70.5 Å². The molecule has 4 aromatic rings. The molecule has 0 bridgehead atoms. The monoisotopic (exact) mass is 431 g/mol. The molecule has 4 rings (SSSR count). The van der Waals surface area contributed by atoms with E-state index in [-0.39, 0.29) is 33.4 Å². The zero-order chi connectivity index (χ0) is 22.7. The van der Waals surface area contributed by atoms with Crippen LogP contribution < -0.4 is 20.3 Å². The number of rotatable bonds is 5.